The molecule has 2 unspecified atom stereocenters. The summed E-state index contributed by atoms with van der Waals surface area (Å²) in [5, 5.41) is 0. The number of anilines is 1. The molecule has 96 valence electrons. The average Bonchev–Trinajstić information content (AvgIpc) is 2.82. The van der Waals surface area contributed by atoms with E-state index >= 15 is 0 Å². The lowest BCUT2D eigenvalue weighted by atomic mass is 9.85. The van der Waals surface area contributed by atoms with E-state index in [1.807, 2.05) is 12.1 Å². The molecule has 1 aromatic rings. The van der Waals surface area contributed by atoms with Crippen LogP contribution < -0.4 is 4.90 Å². The van der Waals surface area contributed by atoms with Gasteiger partial charge < -0.3 is 4.90 Å². The Morgan fingerprint density at radius 3 is 2.89 bits per heavy atom. The molecule has 2 fully saturated rings. The number of carbonyl (C=O) groups excluding carboxylic acids is 1. The summed E-state index contributed by atoms with van der Waals surface area (Å²) < 4.78 is 1.06. The second kappa shape index (κ2) is 5.04. The largest absolute Gasteiger partial charge is 0.368 e. The van der Waals surface area contributed by atoms with Crippen molar-refractivity contribution in [1.82, 2.24) is 0 Å². The van der Waals surface area contributed by atoms with E-state index in [1.54, 1.807) is 0 Å². The fraction of sp³-hybridized carbons (Fsp3) is 0.533. The number of rotatable bonds is 2. The zero-order chi connectivity index (χ0) is 12.5. The first-order valence-electron chi connectivity index (χ1n) is 6.81. The predicted octanol–water partition coefficient (Wildman–Crippen LogP) is 4.03. The van der Waals surface area contributed by atoms with E-state index in [-0.39, 0.29) is 0 Å². The SMILES string of the molecule is O=Cc1ccc(Br)cc1N1CCC2CCCCC21. The van der Waals surface area contributed by atoms with E-state index < -0.39 is 0 Å². The Morgan fingerprint density at radius 1 is 1.22 bits per heavy atom. The maximum absolute atomic E-state index is 11.2. The molecule has 0 amide bonds. The summed E-state index contributed by atoms with van der Waals surface area (Å²) in [5.74, 6) is 0.845. The van der Waals surface area contributed by atoms with Crippen molar-refractivity contribution >= 4 is 27.9 Å². The maximum atomic E-state index is 11.2. The molecule has 3 rings (SSSR count). The summed E-state index contributed by atoms with van der Waals surface area (Å²) in [7, 11) is 0. The van der Waals surface area contributed by atoms with E-state index in [0.717, 1.165) is 34.5 Å². The highest BCUT2D eigenvalue weighted by molar-refractivity contribution is 9.10. The molecule has 1 aromatic carbocycles. The van der Waals surface area contributed by atoms with E-state index in [9.17, 15) is 4.79 Å². The molecule has 1 heterocycles. The number of aldehydes is 1. The standard InChI is InChI=1S/C15H18BrNO/c16-13-6-5-12(10-18)15(9-13)17-8-7-11-3-1-2-4-14(11)17/h5-6,9-11,14H,1-4,7-8H2. The Hall–Kier alpha value is -0.830. The lowest BCUT2D eigenvalue weighted by molar-refractivity contribution is 0.112. The Labute approximate surface area is 116 Å². The van der Waals surface area contributed by atoms with E-state index in [2.05, 4.69) is 26.9 Å². The van der Waals surface area contributed by atoms with Gasteiger partial charge in [0, 0.05) is 28.3 Å². The smallest absolute Gasteiger partial charge is 0.152 e. The highest BCUT2D eigenvalue weighted by Gasteiger charge is 2.36. The third kappa shape index (κ3) is 2.09. The van der Waals surface area contributed by atoms with Crippen LogP contribution in [0.3, 0.4) is 0 Å². The van der Waals surface area contributed by atoms with Gasteiger partial charge in [-0.05, 0) is 43.4 Å². The molecule has 1 saturated carbocycles. The molecule has 2 aliphatic rings. The fourth-order valence-electron chi connectivity index (χ4n) is 3.57. The number of hydrogen-bond acceptors (Lipinski definition) is 2. The van der Waals surface area contributed by atoms with Gasteiger partial charge >= 0.3 is 0 Å². The van der Waals surface area contributed by atoms with Gasteiger partial charge in [-0.15, -0.1) is 0 Å². The van der Waals surface area contributed by atoms with Crippen LogP contribution in [-0.4, -0.2) is 18.9 Å². The highest BCUT2D eigenvalue weighted by Crippen LogP contribution is 2.40. The van der Waals surface area contributed by atoms with Crippen LogP contribution in [0.1, 0.15) is 42.5 Å². The highest BCUT2D eigenvalue weighted by atomic mass is 79.9. The molecule has 0 N–H and O–H groups in total. The third-order valence-corrected chi connectivity index (χ3v) is 4.93. The van der Waals surface area contributed by atoms with Crippen molar-refractivity contribution in [3.05, 3.63) is 28.2 Å². The molecule has 1 aliphatic heterocycles. The molecule has 0 spiro atoms. The monoisotopic (exact) mass is 307 g/mol. The van der Waals surface area contributed by atoms with Crippen molar-refractivity contribution in [3.8, 4) is 0 Å². The molecule has 18 heavy (non-hydrogen) atoms. The lowest BCUT2D eigenvalue weighted by Gasteiger charge is -2.33. The number of fused-ring (bicyclic) bond motifs is 1. The van der Waals surface area contributed by atoms with Crippen LogP contribution in [0.4, 0.5) is 5.69 Å². The van der Waals surface area contributed by atoms with Crippen molar-refractivity contribution in [2.45, 2.75) is 38.1 Å². The van der Waals surface area contributed by atoms with Crippen LogP contribution >= 0.6 is 15.9 Å². The molecule has 0 bridgehead atoms. The first-order valence-corrected chi connectivity index (χ1v) is 7.60. The minimum atomic E-state index is 0.659. The first-order chi connectivity index (χ1) is 8.79. The molecule has 0 radical (unpaired) electrons. The number of benzene rings is 1. The minimum absolute atomic E-state index is 0.659. The van der Waals surface area contributed by atoms with Crippen LogP contribution in [0.2, 0.25) is 0 Å². The number of halogens is 1. The van der Waals surface area contributed by atoms with Crippen LogP contribution in [0, 0.1) is 5.92 Å². The number of nitrogens with zero attached hydrogens (tertiary/aromatic N) is 1. The Balaban J connectivity index is 1.94. The molecular weight excluding hydrogens is 290 g/mol. The maximum Gasteiger partial charge on any atom is 0.152 e. The summed E-state index contributed by atoms with van der Waals surface area (Å²) >= 11 is 3.52. The normalized spacial score (nSPS) is 27.1. The van der Waals surface area contributed by atoms with Gasteiger partial charge in [0.25, 0.3) is 0 Å². The Morgan fingerprint density at radius 2 is 2.06 bits per heavy atom. The summed E-state index contributed by atoms with van der Waals surface area (Å²) in [4.78, 5) is 13.7. The minimum Gasteiger partial charge on any atom is -0.368 e. The quantitative estimate of drug-likeness (QED) is 0.769. The van der Waals surface area contributed by atoms with E-state index in [4.69, 9.17) is 0 Å². The van der Waals surface area contributed by atoms with Crippen LogP contribution in [-0.2, 0) is 0 Å². The van der Waals surface area contributed by atoms with Gasteiger partial charge in [0.05, 0.1) is 0 Å². The second-order valence-corrected chi connectivity index (χ2v) is 6.33. The van der Waals surface area contributed by atoms with Crippen molar-refractivity contribution < 1.29 is 4.79 Å². The van der Waals surface area contributed by atoms with Crippen LogP contribution in [0.25, 0.3) is 0 Å². The van der Waals surface area contributed by atoms with Crippen LogP contribution in [0.5, 0.6) is 0 Å². The van der Waals surface area contributed by atoms with Crippen LogP contribution in [0.15, 0.2) is 22.7 Å². The van der Waals surface area contributed by atoms with Gasteiger partial charge in [0.1, 0.15) is 0 Å². The van der Waals surface area contributed by atoms with Gasteiger partial charge in [-0.25, -0.2) is 0 Å². The topological polar surface area (TPSA) is 20.3 Å². The zero-order valence-corrected chi connectivity index (χ0v) is 12.0. The van der Waals surface area contributed by atoms with E-state index in [1.165, 1.54) is 32.1 Å². The van der Waals surface area contributed by atoms with Gasteiger partial charge in [0.15, 0.2) is 6.29 Å². The van der Waals surface area contributed by atoms with E-state index in [0.29, 0.717) is 6.04 Å². The summed E-state index contributed by atoms with van der Waals surface area (Å²) in [5.41, 5.74) is 1.94. The van der Waals surface area contributed by atoms with Gasteiger partial charge in [-0.3, -0.25) is 4.79 Å². The van der Waals surface area contributed by atoms with Gasteiger partial charge in [-0.1, -0.05) is 28.8 Å². The van der Waals surface area contributed by atoms with Crippen molar-refractivity contribution in [2.75, 3.05) is 11.4 Å². The summed E-state index contributed by atoms with van der Waals surface area (Å²) in [6.07, 6.45) is 7.64. The van der Waals surface area contributed by atoms with Gasteiger partial charge in [0.2, 0.25) is 0 Å². The summed E-state index contributed by atoms with van der Waals surface area (Å²) in [6.45, 7) is 1.10. The zero-order valence-electron chi connectivity index (χ0n) is 10.4. The molecular formula is C15H18BrNO. The predicted molar refractivity (Wildman–Crippen MR) is 77.2 cm³/mol. The second-order valence-electron chi connectivity index (χ2n) is 5.41. The molecule has 2 atom stereocenters. The van der Waals surface area contributed by atoms with Crippen molar-refractivity contribution in [2.24, 2.45) is 5.92 Å². The molecule has 1 aliphatic carbocycles. The molecule has 2 nitrogen and oxygen atoms in total. The lowest BCUT2D eigenvalue weighted by Crippen LogP contribution is -2.35. The molecule has 3 heteroatoms. The van der Waals surface area contributed by atoms with Crippen molar-refractivity contribution in [1.29, 1.82) is 0 Å². The van der Waals surface area contributed by atoms with Gasteiger partial charge in [-0.2, -0.15) is 0 Å². The number of carbonyl (C=O) groups is 1. The number of hydrogen-bond donors (Lipinski definition) is 0. The molecule has 0 aromatic heterocycles. The fourth-order valence-corrected chi connectivity index (χ4v) is 3.92. The molecule has 1 saturated heterocycles. The average molecular weight is 308 g/mol. The first kappa shape index (κ1) is 12.2. The third-order valence-electron chi connectivity index (χ3n) is 4.44. The Bertz CT molecular complexity index is 460. The summed E-state index contributed by atoms with van der Waals surface area (Å²) in [6, 6.07) is 6.62. The Kier molecular flexibility index (Phi) is 3.42. The van der Waals surface area contributed by atoms with Crippen molar-refractivity contribution in [3.63, 3.8) is 0 Å².